The zero-order valence-electron chi connectivity index (χ0n) is 11.3. The maximum Gasteiger partial charge on any atom is 0.311 e. The lowest BCUT2D eigenvalue weighted by molar-refractivity contribution is -0.384. The number of nitro groups is 1. The van der Waals surface area contributed by atoms with E-state index in [1.807, 2.05) is 0 Å². The number of aromatic nitrogens is 1. The van der Waals surface area contributed by atoms with Gasteiger partial charge in [0.25, 0.3) is 0 Å². The Kier molecular flexibility index (Phi) is 4.19. The fraction of sp³-hybridized carbons (Fsp3) is 0.615. The minimum atomic E-state index is -0.418. The fourth-order valence-electron chi connectivity index (χ4n) is 2.08. The Labute approximate surface area is 112 Å². The van der Waals surface area contributed by atoms with E-state index in [-0.39, 0.29) is 11.7 Å². The van der Waals surface area contributed by atoms with Crippen molar-refractivity contribution in [2.45, 2.75) is 38.6 Å². The van der Waals surface area contributed by atoms with E-state index >= 15 is 0 Å². The SMILES string of the molecule is CCC(CC1CC1)Nc1nc(OC)ccc1[N+](=O)[O-]. The highest BCUT2D eigenvalue weighted by atomic mass is 16.6. The van der Waals surface area contributed by atoms with Crippen molar-refractivity contribution in [3.05, 3.63) is 22.2 Å². The van der Waals surface area contributed by atoms with Crippen molar-refractivity contribution >= 4 is 11.5 Å². The maximum absolute atomic E-state index is 11.0. The molecule has 6 nitrogen and oxygen atoms in total. The van der Waals surface area contributed by atoms with Gasteiger partial charge in [0.15, 0.2) is 0 Å². The van der Waals surface area contributed by atoms with Gasteiger partial charge in [-0.3, -0.25) is 10.1 Å². The van der Waals surface area contributed by atoms with Gasteiger partial charge in [-0.2, -0.15) is 4.98 Å². The third kappa shape index (κ3) is 3.56. The van der Waals surface area contributed by atoms with Crippen LogP contribution in [0.25, 0.3) is 0 Å². The summed E-state index contributed by atoms with van der Waals surface area (Å²) in [5.74, 6) is 1.45. The van der Waals surface area contributed by atoms with Gasteiger partial charge in [-0.25, -0.2) is 0 Å². The number of hydrogen-bond donors (Lipinski definition) is 1. The highest BCUT2D eigenvalue weighted by Gasteiger charge is 2.26. The number of hydrogen-bond acceptors (Lipinski definition) is 5. The Morgan fingerprint density at radius 1 is 1.58 bits per heavy atom. The second-order valence-electron chi connectivity index (χ2n) is 4.91. The molecule has 0 radical (unpaired) electrons. The zero-order valence-corrected chi connectivity index (χ0v) is 11.3. The average Bonchev–Trinajstić information content (AvgIpc) is 3.21. The van der Waals surface area contributed by atoms with Gasteiger partial charge in [-0.05, 0) is 18.8 Å². The molecule has 104 valence electrons. The molecular weight excluding hydrogens is 246 g/mol. The standard InChI is InChI=1S/C13H19N3O3/c1-3-10(8-9-4-5-9)14-13-11(16(17)18)6-7-12(15-13)19-2/h6-7,9-10H,3-5,8H2,1-2H3,(H,14,15). The molecule has 1 aliphatic rings. The van der Waals surface area contributed by atoms with Gasteiger partial charge in [0.05, 0.1) is 12.0 Å². The largest absolute Gasteiger partial charge is 0.481 e. The van der Waals surface area contributed by atoms with E-state index in [9.17, 15) is 10.1 Å². The normalized spacial score (nSPS) is 15.9. The van der Waals surface area contributed by atoms with Gasteiger partial charge in [-0.1, -0.05) is 19.8 Å². The predicted octanol–water partition coefficient (Wildman–Crippen LogP) is 2.99. The van der Waals surface area contributed by atoms with Gasteiger partial charge < -0.3 is 10.1 Å². The van der Waals surface area contributed by atoms with Crippen molar-refractivity contribution in [1.82, 2.24) is 4.98 Å². The van der Waals surface area contributed by atoms with Crippen LogP contribution >= 0.6 is 0 Å². The lowest BCUT2D eigenvalue weighted by Crippen LogP contribution is -2.20. The van der Waals surface area contributed by atoms with Crippen LogP contribution in [0.15, 0.2) is 12.1 Å². The summed E-state index contributed by atoms with van der Waals surface area (Å²) in [6.07, 6.45) is 4.51. The van der Waals surface area contributed by atoms with E-state index in [1.54, 1.807) is 0 Å². The number of methoxy groups -OCH3 is 1. The molecule has 1 N–H and O–H groups in total. The van der Waals surface area contributed by atoms with Crippen LogP contribution in [0.4, 0.5) is 11.5 Å². The van der Waals surface area contributed by atoms with Crippen molar-refractivity contribution in [1.29, 1.82) is 0 Å². The average molecular weight is 265 g/mol. The Morgan fingerprint density at radius 3 is 2.84 bits per heavy atom. The molecule has 1 aromatic heterocycles. The van der Waals surface area contributed by atoms with Crippen LogP contribution in [-0.2, 0) is 0 Å². The number of nitrogens with one attached hydrogen (secondary N) is 1. The number of ether oxygens (including phenoxy) is 1. The van der Waals surface area contributed by atoms with Gasteiger partial charge in [0.1, 0.15) is 0 Å². The molecule has 0 aromatic carbocycles. The summed E-state index contributed by atoms with van der Waals surface area (Å²) in [6.45, 7) is 2.08. The van der Waals surface area contributed by atoms with Crippen molar-refractivity contribution in [2.75, 3.05) is 12.4 Å². The minimum Gasteiger partial charge on any atom is -0.481 e. The van der Waals surface area contributed by atoms with E-state index in [2.05, 4.69) is 17.2 Å². The van der Waals surface area contributed by atoms with E-state index in [0.717, 1.165) is 18.8 Å². The first kappa shape index (κ1) is 13.6. The van der Waals surface area contributed by atoms with Crippen molar-refractivity contribution in [3.63, 3.8) is 0 Å². The second kappa shape index (κ2) is 5.86. The molecule has 1 atom stereocenters. The van der Waals surface area contributed by atoms with Gasteiger partial charge in [0.2, 0.25) is 11.7 Å². The molecule has 1 saturated carbocycles. The Hall–Kier alpha value is -1.85. The first-order chi connectivity index (χ1) is 9.13. The molecule has 0 aliphatic heterocycles. The van der Waals surface area contributed by atoms with Gasteiger partial charge in [-0.15, -0.1) is 0 Å². The Bertz CT molecular complexity index is 460. The van der Waals surface area contributed by atoms with Crippen LogP contribution in [-0.4, -0.2) is 23.1 Å². The summed E-state index contributed by atoms with van der Waals surface area (Å²) in [5.41, 5.74) is -0.00459. The summed E-state index contributed by atoms with van der Waals surface area (Å²) in [7, 11) is 1.50. The second-order valence-corrected chi connectivity index (χ2v) is 4.91. The first-order valence-electron chi connectivity index (χ1n) is 6.60. The Morgan fingerprint density at radius 2 is 2.32 bits per heavy atom. The molecule has 2 rings (SSSR count). The molecule has 0 amide bonds. The molecule has 1 aliphatic carbocycles. The lowest BCUT2D eigenvalue weighted by Gasteiger charge is -2.17. The molecule has 1 unspecified atom stereocenters. The van der Waals surface area contributed by atoms with Crippen LogP contribution in [0.2, 0.25) is 0 Å². The minimum absolute atomic E-state index is 0.00459. The third-order valence-electron chi connectivity index (χ3n) is 3.40. The molecule has 0 bridgehead atoms. The van der Waals surface area contributed by atoms with E-state index < -0.39 is 4.92 Å². The number of rotatable bonds is 7. The third-order valence-corrected chi connectivity index (χ3v) is 3.40. The molecule has 6 heteroatoms. The maximum atomic E-state index is 11.0. The molecule has 1 aromatic rings. The van der Waals surface area contributed by atoms with Crippen LogP contribution in [0.1, 0.15) is 32.6 Å². The molecule has 0 spiro atoms. The molecule has 1 heterocycles. The number of nitrogens with zero attached hydrogens (tertiary/aromatic N) is 2. The van der Waals surface area contributed by atoms with Crippen molar-refractivity contribution < 1.29 is 9.66 Å². The van der Waals surface area contributed by atoms with Gasteiger partial charge >= 0.3 is 5.69 Å². The quantitative estimate of drug-likeness (QED) is 0.605. The molecule has 1 fully saturated rings. The molecule has 19 heavy (non-hydrogen) atoms. The summed E-state index contributed by atoms with van der Waals surface area (Å²) >= 11 is 0. The summed E-state index contributed by atoms with van der Waals surface area (Å²) in [6, 6.07) is 3.16. The topological polar surface area (TPSA) is 77.3 Å². The van der Waals surface area contributed by atoms with Crippen LogP contribution in [0.5, 0.6) is 5.88 Å². The molecular formula is C13H19N3O3. The number of anilines is 1. The van der Waals surface area contributed by atoms with Crippen molar-refractivity contribution in [2.24, 2.45) is 5.92 Å². The van der Waals surface area contributed by atoms with Crippen molar-refractivity contribution in [3.8, 4) is 5.88 Å². The van der Waals surface area contributed by atoms with Crippen LogP contribution < -0.4 is 10.1 Å². The molecule has 0 saturated heterocycles. The first-order valence-corrected chi connectivity index (χ1v) is 6.60. The Balaban J connectivity index is 2.16. The van der Waals surface area contributed by atoms with E-state index in [4.69, 9.17) is 4.74 Å². The summed E-state index contributed by atoms with van der Waals surface area (Å²) in [5, 5.41) is 14.2. The lowest BCUT2D eigenvalue weighted by atomic mass is 10.1. The smallest absolute Gasteiger partial charge is 0.311 e. The van der Waals surface area contributed by atoms with E-state index in [0.29, 0.717) is 11.7 Å². The van der Waals surface area contributed by atoms with Gasteiger partial charge in [0, 0.05) is 18.2 Å². The summed E-state index contributed by atoms with van der Waals surface area (Å²) in [4.78, 5) is 14.7. The summed E-state index contributed by atoms with van der Waals surface area (Å²) < 4.78 is 5.02. The highest BCUT2D eigenvalue weighted by molar-refractivity contribution is 5.57. The zero-order chi connectivity index (χ0) is 13.8. The van der Waals surface area contributed by atoms with Crippen LogP contribution in [0.3, 0.4) is 0 Å². The highest BCUT2D eigenvalue weighted by Crippen LogP contribution is 2.35. The fourth-order valence-corrected chi connectivity index (χ4v) is 2.08. The monoisotopic (exact) mass is 265 g/mol. The van der Waals surface area contributed by atoms with E-state index in [1.165, 1.54) is 32.1 Å². The van der Waals surface area contributed by atoms with Crippen LogP contribution in [0, 0.1) is 16.0 Å². The number of pyridine rings is 1. The predicted molar refractivity (Wildman–Crippen MR) is 72.5 cm³/mol.